The molecule has 0 fully saturated rings. The summed E-state index contributed by atoms with van der Waals surface area (Å²) in [6.45, 7) is 3.81. The summed E-state index contributed by atoms with van der Waals surface area (Å²) in [5, 5.41) is 9.58. The Bertz CT molecular complexity index is 596. The first-order valence-electron chi connectivity index (χ1n) is 5.97. The molecule has 0 saturated heterocycles. The molecule has 5 N–H and O–H groups in total. The minimum Gasteiger partial charge on any atom is -0.507 e. The van der Waals surface area contributed by atoms with Crippen LogP contribution in [0.4, 0.5) is 5.69 Å². The number of aromatic hydroxyl groups is 1. The minimum atomic E-state index is -0.459. The zero-order valence-corrected chi connectivity index (χ0v) is 10.8. The van der Waals surface area contributed by atoms with Crippen molar-refractivity contribution < 1.29 is 9.90 Å². The highest BCUT2D eigenvalue weighted by Gasteiger charge is 2.10. The Morgan fingerprint density at radius 2 is 1.60 bits per heavy atom. The number of nitrogens with one attached hydrogen (secondary N) is 2. The predicted octanol–water partition coefficient (Wildman–Crippen LogP) is 1.88. The molecule has 1 amide bonds. The molecule has 0 radical (unpaired) electrons. The molecule has 0 aliphatic heterocycles. The zero-order valence-electron chi connectivity index (χ0n) is 10.8. The maximum absolute atomic E-state index is 11.9. The summed E-state index contributed by atoms with van der Waals surface area (Å²) in [6.07, 6.45) is 0. The van der Waals surface area contributed by atoms with Crippen LogP contribution in [0.25, 0.3) is 5.70 Å². The number of carbonyl (C=O) groups is 1. The molecule has 0 heterocycles. The Labute approximate surface area is 116 Å². The van der Waals surface area contributed by atoms with Gasteiger partial charge in [-0.3, -0.25) is 15.6 Å². The normalized spacial score (nSPS) is 9.80. The number of hydrogen-bond acceptors (Lipinski definition) is 4. The molecule has 0 spiro atoms. The van der Waals surface area contributed by atoms with Crippen LogP contribution in [0.5, 0.6) is 5.75 Å². The number of para-hydroxylation sites is 2. The maximum Gasteiger partial charge on any atom is 0.273 e. The third-order valence-electron chi connectivity index (χ3n) is 2.76. The third kappa shape index (κ3) is 2.89. The van der Waals surface area contributed by atoms with Crippen molar-refractivity contribution in [1.82, 2.24) is 10.9 Å². The van der Waals surface area contributed by atoms with Crippen LogP contribution in [-0.4, -0.2) is 11.0 Å². The monoisotopic (exact) mass is 269 g/mol. The van der Waals surface area contributed by atoms with Crippen LogP contribution in [-0.2, 0) is 0 Å². The summed E-state index contributed by atoms with van der Waals surface area (Å²) >= 11 is 0. The van der Waals surface area contributed by atoms with E-state index in [-0.39, 0.29) is 11.3 Å². The highest BCUT2D eigenvalue weighted by atomic mass is 16.3. The molecule has 20 heavy (non-hydrogen) atoms. The smallest absolute Gasteiger partial charge is 0.273 e. The van der Waals surface area contributed by atoms with Crippen molar-refractivity contribution in [2.24, 2.45) is 0 Å². The van der Waals surface area contributed by atoms with Gasteiger partial charge in [-0.2, -0.15) is 0 Å². The molecule has 0 saturated carbocycles. The largest absolute Gasteiger partial charge is 0.507 e. The number of hydrogen-bond donors (Lipinski definition) is 4. The van der Waals surface area contributed by atoms with Crippen LogP contribution < -0.4 is 16.6 Å². The van der Waals surface area contributed by atoms with Gasteiger partial charge in [-0.1, -0.05) is 36.9 Å². The highest BCUT2D eigenvalue weighted by molar-refractivity contribution is 5.97. The third-order valence-corrected chi connectivity index (χ3v) is 2.76. The number of anilines is 1. The predicted molar refractivity (Wildman–Crippen MR) is 78.6 cm³/mol. The lowest BCUT2D eigenvalue weighted by molar-refractivity contribution is 0.0940. The van der Waals surface area contributed by atoms with Crippen molar-refractivity contribution in [3.05, 3.63) is 66.2 Å². The van der Waals surface area contributed by atoms with Gasteiger partial charge in [-0.15, -0.1) is 0 Å². The fourth-order valence-corrected chi connectivity index (χ4v) is 1.70. The zero-order chi connectivity index (χ0) is 14.5. The molecule has 0 atom stereocenters. The molecule has 2 aromatic carbocycles. The molecule has 0 aromatic heterocycles. The van der Waals surface area contributed by atoms with E-state index in [1.807, 2.05) is 12.1 Å². The SMILES string of the molecule is C=C(NNC(=O)c1ccccc1O)c1ccccc1N. The Kier molecular flexibility index (Phi) is 3.91. The van der Waals surface area contributed by atoms with Crippen molar-refractivity contribution in [2.75, 3.05) is 5.73 Å². The number of amides is 1. The maximum atomic E-state index is 11.9. The number of phenolic OH excluding ortho intramolecular Hbond substituents is 1. The molecular weight excluding hydrogens is 254 g/mol. The fourth-order valence-electron chi connectivity index (χ4n) is 1.70. The topological polar surface area (TPSA) is 87.4 Å². The Morgan fingerprint density at radius 1 is 1.00 bits per heavy atom. The van der Waals surface area contributed by atoms with Gasteiger partial charge in [0.1, 0.15) is 5.75 Å². The van der Waals surface area contributed by atoms with E-state index < -0.39 is 5.91 Å². The van der Waals surface area contributed by atoms with E-state index in [0.717, 1.165) is 0 Å². The summed E-state index contributed by atoms with van der Waals surface area (Å²) in [5.74, 6) is -0.546. The van der Waals surface area contributed by atoms with Crippen LogP contribution in [0.15, 0.2) is 55.1 Å². The first-order chi connectivity index (χ1) is 9.59. The summed E-state index contributed by atoms with van der Waals surface area (Å²) in [6, 6.07) is 13.4. The number of nitrogens with two attached hydrogens (primary N) is 1. The second-order valence-corrected chi connectivity index (χ2v) is 4.16. The van der Waals surface area contributed by atoms with Gasteiger partial charge in [-0.25, -0.2) is 0 Å². The number of phenols is 1. The summed E-state index contributed by atoms with van der Waals surface area (Å²) < 4.78 is 0. The van der Waals surface area contributed by atoms with Gasteiger partial charge in [0.2, 0.25) is 0 Å². The number of benzene rings is 2. The van der Waals surface area contributed by atoms with Gasteiger partial charge in [-0.05, 0) is 18.2 Å². The van der Waals surface area contributed by atoms with Crippen molar-refractivity contribution >= 4 is 17.3 Å². The minimum absolute atomic E-state index is 0.0864. The van der Waals surface area contributed by atoms with E-state index >= 15 is 0 Å². The second-order valence-electron chi connectivity index (χ2n) is 4.16. The van der Waals surface area contributed by atoms with Crippen LogP contribution in [0, 0.1) is 0 Å². The van der Waals surface area contributed by atoms with Crippen molar-refractivity contribution in [2.45, 2.75) is 0 Å². The van der Waals surface area contributed by atoms with E-state index in [4.69, 9.17) is 5.73 Å². The van der Waals surface area contributed by atoms with Crippen LogP contribution in [0.1, 0.15) is 15.9 Å². The van der Waals surface area contributed by atoms with Crippen LogP contribution in [0.3, 0.4) is 0 Å². The van der Waals surface area contributed by atoms with E-state index in [0.29, 0.717) is 16.9 Å². The van der Waals surface area contributed by atoms with Gasteiger partial charge in [0.15, 0.2) is 0 Å². The Hall–Kier alpha value is -2.95. The van der Waals surface area contributed by atoms with Crippen LogP contribution in [0.2, 0.25) is 0 Å². The van der Waals surface area contributed by atoms with E-state index in [1.54, 1.807) is 24.3 Å². The number of rotatable bonds is 4. The van der Waals surface area contributed by atoms with Crippen molar-refractivity contribution in [1.29, 1.82) is 0 Å². The van der Waals surface area contributed by atoms with Crippen molar-refractivity contribution in [3.63, 3.8) is 0 Å². The second kappa shape index (κ2) is 5.79. The number of hydrazine groups is 1. The van der Waals surface area contributed by atoms with Gasteiger partial charge >= 0.3 is 0 Å². The Morgan fingerprint density at radius 3 is 2.25 bits per heavy atom. The highest BCUT2D eigenvalue weighted by Crippen LogP contribution is 2.17. The summed E-state index contributed by atoms with van der Waals surface area (Å²) in [4.78, 5) is 11.9. The molecule has 0 aliphatic rings. The lowest BCUT2D eigenvalue weighted by atomic mass is 10.1. The average molecular weight is 269 g/mol. The molecule has 5 nitrogen and oxygen atoms in total. The van der Waals surface area contributed by atoms with Gasteiger partial charge in [0, 0.05) is 11.3 Å². The number of carbonyl (C=O) groups excluding carboxylic acids is 1. The quantitative estimate of drug-likeness (QED) is 0.504. The molecule has 0 unspecified atom stereocenters. The molecular formula is C15H15N3O2. The molecule has 5 heteroatoms. The van der Waals surface area contributed by atoms with E-state index in [1.165, 1.54) is 12.1 Å². The number of nitrogen functional groups attached to an aromatic ring is 1. The first-order valence-corrected chi connectivity index (χ1v) is 5.97. The van der Waals surface area contributed by atoms with Crippen LogP contribution >= 0.6 is 0 Å². The molecule has 2 aromatic rings. The van der Waals surface area contributed by atoms with Gasteiger partial charge < -0.3 is 10.8 Å². The summed E-state index contributed by atoms with van der Waals surface area (Å²) in [7, 11) is 0. The van der Waals surface area contributed by atoms with Gasteiger partial charge in [0.05, 0.1) is 11.3 Å². The standard InChI is InChI=1S/C15H15N3O2/c1-10(11-6-2-4-8-13(11)16)17-18-15(20)12-7-3-5-9-14(12)19/h2-9,17,19H,1,16H2,(H,18,20). The van der Waals surface area contributed by atoms with Crippen molar-refractivity contribution in [3.8, 4) is 5.75 Å². The molecule has 0 aliphatic carbocycles. The summed E-state index contributed by atoms with van der Waals surface area (Å²) in [5.41, 5.74) is 12.8. The molecule has 102 valence electrons. The fraction of sp³-hybridized carbons (Fsp3) is 0. The van der Waals surface area contributed by atoms with Gasteiger partial charge in [0.25, 0.3) is 5.91 Å². The van der Waals surface area contributed by atoms with E-state index in [2.05, 4.69) is 17.4 Å². The molecule has 2 rings (SSSR count). The Balaban J connectivity index is 2.03. The first kappa shape index (κ1) is 13.5. The lowest BCUT2D eigenvalue weighted by Crippen LogP contribution is -2.36. The molecule has 0 bridgehead atoms. The average Bonchev–Trinajstić information content (AvgIpc) is 2.45. The lowest BCUT2D eigenvalue weighted by Gasteiger charge is -2.13. The van der Waals surface area contributed by atoms with E-state index in [9.17, 15) is 9.90 Å².